The number of halogens is 1. The number of hydrogen-bond donors (Lipinski definition) is 1. The van der Waals surface area contributed by atoms with E-state index in [0.29, 0.717) is 37.4 Å². The van der Waals surface area contributed by atoms with Gasteiger partial charge in [-0.15, -0.1) is 0 Å². The third-order valence-corrected chi connectivity index (χ3v) is 8.80. The van der Waals surface area contributed by atoms with Crippen LogP contribution in [0.4, 0.5) is 0 Å². The highest BCUT2D eigenvalue weighted by atomic mass is 35.5. The van der Waals surface area contributed by atoms with Gasteiger partial charge >= 0.3 is 0 Å². The lowest BCUT2D eigenvalue weighted by Crippen LogP contribution is -2.59. The van der Waals surface area contributed by atoms with Crippen LogP contribution in [-0.2, 0) is 14.6 Å². The van der Waals surface area contributed by atoms with E-state index in [9.17, 15) is 13.2 Å². The largest absolute Gasteiger partial charge is 0.341 e. The van der Waals surface area contributed by atoms with E-state index in [1.165, 1.54) is 12.1 Å². The first-order chi connectivity index (χ1) is 12.1. The highest BCUT2D eigenvalue weighted by molar-refractivity contribution is 7.93. The molecular weight excluding hydrogens is 372 g/mol. The van der Waals surface area contributed by atoms with Gasteiger partial charge in [-0.2, -0.15) is 0 Å². The van der Waals surface area contributed by atoms with Crippen LogP contribution in [0.2, 0.25) is 5.02 Å². The summed E-state index contributed by atoms with van der Waals surface area (Å²) in [4.78, 5) is 15.4. The molecule has 1 saturated heterocycles. The van der Waals surface area contributed by atoms with E-state index in [-0.39, 0.29) is 22.3 Å². The van der Waals surface area contributed by atoms with Crippen LogP contribution in [-0.4, -0.2) is 43.1 Å². The summed E-state index contributed by atoms with van der Waals surface area (Å²) in [5.74, 6) is -0.259. The van der Waals surface area contributed by atoms with Crippen LogP contribution in [0.25, 0.3) is 0 Å². The second-order valence-electron chi connectivity index (χ2n) is 8.27. The van der Waals surface area contributed by atoms with Crippen molar-refractivity contribution in [1.29, 1.82) is 0 Å². The molecule has 1 aliphatic heterocycles. The maximum absolute atomic E-state index is 13.5. The van der Waals surface area contributed by atoms with Gasteiger partial charge < -0.3 is 10.6 Å². The zero-order chi connectivity index (χ0) is 19.2. The maximum atomic E-state index is 13.5. The number of likely N-dealkylation sites (tertiary alicyclic amines) is 1. The number of sulfone groups is 1. The Morgan fingerprint density at radius 1 is 1.19 bits per heavy atom. The monoisotopic (exact) mass is 398 g/mol. The molecule has 0 spiro atoms. The molecule has 2 N–H and O–H groups in total. The zero-order valence-corrected chi connectivity index (χ0v) is 16.9. The van der Waals surface area contributed by atoms with E-state index in [0.717, 1.165) is 12.8 Å². The number of benzene rings is 1. The first kappa shape index (κ1) is 19.6. The van der Waals surface area contributed by atoms with Crippen molar-refractivity contribution in [3.05, 3.63) is 29.3 Å². The van der Waals surface area contributed by atoms with Crippen LogP contribution in [0.15, 0.2) is 29.2 Å². The zero-order valence-electron chi connectivity index (χ0n) is 15.4. The minimum Gasteiger partial charge on any atom is -0.341 e. The predicted octanol–water partition coefficient (Wildman–Crippen LogP) is 3.01. The quantitative estimate of drug-likeness (QED) is 0.848. The molecule has 2 fully saturated rings. The molecular formula is C19H27ClN2O3S. The van der Waals surface area contributed by atoms with Gasteiger partial charge in [-0.1, -0.05) is 38.3 Å². The number of rotatable bonds is 3. The molecule has 144 valence electrons. The average molecular weight is 399 g/mol. The van der Waals surface area contributed by atoms with Gasteiger partial charge in [0.1, 0.15) is 0 Å². The molecule has 1 aromatic rings. The minimum absolute atomic E-state index is 0.0129. The van der Waals surface area contributed by atoms with Gasteiger partial charge in [0.05, 0.1) is 4.90 Å². The molecule has 26 heavy (non-hydrogen) atoms. The average Bonchev–Trinajstić information content (AvgIpc) is 3.08. The summed E-state index contributed by atoms with van der Waals surface area (Å²) < 4.78 is 25.6. The van der Waals surface area contributed by atoms with Crippen LogP contribution in [0.5, 0.6) is 0 Å². The molecule has 1 atom stereocenters. The van der Waals surface area contributed by atoms with E-state index in [2.05, 4.69) is 0 Å². The number of hydrogen-bond acceptors (Lipinski definition) is 4. The third-order valence-electron chi connectivity index (χ3n) is 6.04. The number of carbonyl (C=O) groups is 1. The molecule has 1 aromatic carbocycles. The summed E-state index contributed by atoms with van der Waals surface area (Å²) in [7, 11) is -3.80. The van der Waals surface area contributed by atoms with Crippen molar-refractivity contribution in [1.82, 2.24) is 4.90 Å². The van der Waals surface area contributed by atoms with Crippen LogP contribution < -0.4 is 5.73 Å². The van der Waals surface area contributed by atoms with Gasteiger partial charge in [-0.05, 0) is 48.9 Å². The molecule has 0 radical (unpaired) electrons. The van der Waals surface area contributed by atoms with Crippen LogP contribution in [0, 0.1) is 5.41 Å². The lowest BCUT2D eigenvalue weighted by atomic mass is 9.79. The van der Waals surface area contributed by atoms with Gasteiger partial charge in [0.2, 0.25) is 5.91 Å². The van der Waals surface area contributed by atoms with E-state index in [1.807, 2.05) is 13.8 Å². The highest BCUT2D eigenvalue weighted by Crippen LogP contribution is 2.43. The smallest absolute Gasteiger partial charge is 0.244 e. The summed E-state index contributed by atoms with van der Waals surface area (Å²) >= 11 is 5.90. The number of piperidine rings is 1. The second-order valence-corrected chi connectivity index (χ2v) is 11.0. The first-order valence-electron chi connectivity index (χ1n) is 9.15. The Labute approximate surface area is 160 Å². The van der Waals surface area contributed by atoms with Gasteiger partial charge in [-0.3, -0.25) is 4.79 Å². The van der Waals surface area contributed by atoms with Crippen LogP contribution >= 0.6 is 11.6 Å². The summed E-state index contributed by atoms with van der Waals surface area (Å²) in [6, 6.07) is 6.14. The molecule has 1 saturated carbocycles. The van der Waals surface area contributed by atoms with Gasteiger partial charge in [0.25, 0.3) is 0 Å². The lowest BCUT2D eigenvalue weighted by Gasteiger charge is -2.45. The van der Waals surface area contributed by atoms with Gasteiger partial charge in [0.15, 0.2) is 14.6 Å². The van der Waals surface area contributed by atoms with Crippen molar-refractivity contribution < 1.29 is 13.2 Å². The Morgan fingerprint density at radius 3 is 2.31 bits per heavy atom. The fourth-order valence-corrected chi connectivity index (χ4v) is 6.48. The van der Waals surface area contributed by atoms with Crippen molar-refractivity contribution in [2.75, 3.05) is 13.1 Å². The second kappa shape index (κ2) is 6.80. The van der Waals surface area contributed by atoms with Crippen LogP contribution in [0.3, 0.4) is 0 Å². The molecule has 7 heteroatoms. The molecule has 2 aliphatic rings. The Kier molecular flexibility index (Phi) is 5.14. The fraction of sp³-hybridized carbons (Fsp3) is 0.632. The summed E-state index contributed by atoms with van der Waals surface area (Å²) in [6.45, 7) is 5.07. The molecule has 5 nitrogen and oxygen atoms in total. The van der Waals surface area contributed by atoms with E-state index >= 15 is 0 Å². The van der Waals surface area contributed by atoms with Crippen molar-refractivity contribution in [3.8, 4) is 0 Å². The number of carbonyl (C=O) groups excluding carboxylic acids is 1. The van der Waals surface area contributed by atoms with E-state index in [4.69, 9.17) is 17.3 Å². The molecule has 3 rings (SSSR count). The van der Waals surface area contributed by atoms with Crippen molar-refractivity contribution in [2.45, 2.75) is 61.6 Å². The topological polar surface area (TPSA) is 80.5 Å². The fourth-order valence-electron chi connectivity index (χ4n) is 4.22. The molecule has 0 aromatic heterocycles. The van der Waals surface area contributed by atoms with E-state index in [1.54, 1.807) is 17.0 Å². The minimum atomic E-state index is -3.80. The normalized spacial score (nSPS) is 25.2. The Balaban J connectivity index is 1.98. The van der Waals surface area contributed by atoms with E-state index < -0.39 is 14.6 Å². The van der Waals surface area contributed by atoms with Crippen molar-refractivity contribution in [2.24, 2.45) is 11.1 Å². The standard InChI is InChI=1S/C19H27ClN2O3S/c1-18(2)13-22(12-9-16(18)21)17(23)19(10-3-4-11-19)26(24,25)15-7-5-14(20)6-8-15/h5-8,16H,3-4,9-13,21H2,1-2H3. The maximum Gasteiger partial charge on any atom is 0.244 e. The summed E-state index contributed by atoms with van der Waals surface area (Å²) in [5, 5.41) is 0.475. The molecule has 0 bridgehead atoms. The molecule has 1 heterocycles. The van der Waals surface area contributed by atoms with Crippen molar-refractivity contribution >= 4 is 27.3 Å². The Morgan fingerprint density at radius 2 is 1.77 bits per heavy atom. The Hall–Kier alpha value is -1.11. The summed E-state index contributed by atoms with van der Waals surface area (Å²) in [5.41, 5.74) is 5.96. The molecule has 1 aliphatic carbocycles. The predicted molar refractivity (Wildman–Crippen MR) is 103 cm³/mol. The Bertz CT molecular complexity index is 784. The lowest BCUT2D eigenvalue weighted by molar-refractivity contribution is -0.137. The number of nitrogens with two attached hydrogens (primary N) is 1. The summed E-state index contributed by atoms with van der Waals surface area (Å²) in [6.07, 6.45) is 2.93. The molecule has 1 amide bonds. The highest BCUT2D eigenvalue weighted by Gasteiger charge is 2.55. The third kappa shape index (κ3) is 3.16. The molecule has 1 unspecified atom stereocenters. The number of amides is 1. The van der Waals surface area contributed by atoms with Gasteiger partial charge in [0, 0.05) is 24.2 Å². The van der Waals surface area contributed by atoms with Crippen LogP contribution in [0.1, 0.15) is 46.0 Å². The first-order valence-corrected chi connectivity index (χ1v) is 11.0. The van der Waals surface area contributed by atoms with Gasteiger partial charge in [-0.25, -0.2) is 8.42 Å². The SMILES string of the molecule is CC1(C)CN(C(=O)C2(S(=O)(=O)c3ccc(Cl)cc3)CCCC2)CCC1N. The van der Waals surface area contributed by atoms with Crippen molar-refractivity contribution in [3.63, 3.8) is 0 Å². The number of nitrogens with zero attached hydrogens (tertiary/aromatic N) is 1.